The molecule has 0 bridgehead atoms. The maximum atomic E-state index is 13.3. The number of aliphatic hydroxyl groups is 1. The van der Waals surface area contributed by atoms with Crippen LogP contribution in [0.25, 0.3) is 11.2 Å². The number of halogens is 6. The molecule has 1 N–H and O–H groups in total. The number of imidazole rings is 1. The van der Waals surface area contributed by atoms with E-state index in [0.717, 1.165) is 45.9 Å². The number of aliphatic imine (C=N–C) groups is 1. The third-order valence-electron chi connectivity index (χ3n) is 9.38. The van der Waals surface area contributed by atoms with Gasteiger partial charge in [0.05, 0.1) is 12.0 Å². The molecular formula is C40H47F6N7O10Si. The Morgan fingerprint density at radius 1 is 0.750 bits per heavy atom. The van der Waals surface area contributed by atoms with Crippen LogP contribution in [0, 0.1) is 0 Å². The molecule has 0 saturated heterocycles. The second-order valence-corrected chi connectivity index (χ2v) is 21.2. The lowest BCUT2D eigenvalue weighted by molar-refractivity contribution is -0.275. The van der Waals surface area contributed by atoms with Crippen LogP contribution in [0.5, 0.6) is 29.0 Å². The summed E-state index contributed by atoms with van der Waals surface area (Å²) in [5, 5.41) is 8.92. The number of unbranched alkanes of at least 4 members (excludes halogenated alkanes) is 1. The van der Waals surface area contributed by atoms with E-state index in [9.17, 15) is 45.5 Å². The number of hydrogen-bond donors (Lipinski definition) is 1. The molecule has 0 amide bonds. The van der Waals surface area contributed by atoms with E-state index in [0.29, 0.717) is 13.0 Å². The van der Waals surface area contributed by atoms with E-state index in [4.69, 9.17) is 19.3 Å². The molecule has 0 unspecified atom stereocenters. The summed E-state index contributed by atoms with van der Waals surface area (Å²) < 4.78 is 106. The van der Waals surface area contributed by atoms with Crippen molar-refractivity contribution in [1.82, 2.24) is 27.8 Å². The highest BCUT2D eigenvalue weighted by molar-refractivity contribution is 6.76. The van der Waals surface area contributed by atoms with Gasteiger partial charge in [-0.25, -0.2) is 9.59 Å². The summed E-state index contributed by atoms with van der Waals surface area (Å²) in [4.78, 5) is 59.5. The Hall–Kier alpha value is -6.14. The van der Waals surface area contributed by atoms with Crippen LogP contribution in [0.1, 0.15) is 31.7 Å². The third-order valence-corrected chi connectivity index (χ3v) is 11.1. The van der Waals surface area contributed by atoms with Crippen molar-refractivity contribution in [2.24, 2.45) is 19.1 Å². The number of rotatable bonds is 16. The molecule has 1 aliphatic heterocycles. The fourth-order valence-electron chi connectivity index (χ4n) is 6.22. The van der Waals surface area contributed by atoms with Gasteiger partial charge < -0.3 is 28.8 Å². The zero-order valence-electron chi connectivity index (χ0n) is 35.7. The topological polar surface area (TPSA) is 185 Å². The van der Waals surface area contributed by atoms with Crippen LogP contribution in [-0.2, 0) is 45.1 Å². The van der Waals surface area contributed by atoms with Crippen molar-refractivity contribution in [1.29, 1.82) is 0 Å². The fourth-order valence-corrected chi connectivity index (χ4v) is 6.98. The van der Waals surface area contributed by atoms with Crippen molar-refractivity contribution < 1.29 is 55.1 Å². The minimum atomic E-state index is -4.86. The van der Waals surface area contributed by atoms with Gasteiger partial charge in [-0.1, -0.05) is 45.1 Å². The number of aliphatic hydroxyl groups excluding tert-OH is 1. The Labute approximate surface area is 361 Å². The monoisotopic (exact) mass is 927 g/mol. The van der Waals surface area contributed by atoms with Gasteiger partial charge in [-0.05, 0) is 43.2 Å². The van der Waals surface area contributed by atoms with Gasteiger partial charge in [0.1, 0.15) is 35.5 Å². The molecule has 17 nitrogen and oxygen atoms in total. The number of aromatic nitrogens is 6. The molecule has 0 fully saturated rings. The van der Waals surface area contributed by atoms with E-state index in [1.54, 1.807) is 0 Å². The van der Waals surface area contributed by atoms with Gasteiger partial charge in [0.2, 0.25) is 5.90 Å². The molecule has 0 spiro atoms. The normalized spacial score (nSPS) is 12.7. The van der Waals surface area contributed by atoms with E-state index in [2.05, 4.69) is 39.1 Å². The van der Waals surface area contributed by atoms with Crippen molar-refractivity contribution >= 4 is 31.0 Å². The summed E-state index contributed by atoms with van der Waals surface area (Å²) in [5.74, 6) is -0.687. The second kappa shape index (κ2) is 20.1. The number of nitrogens with zero attached hydrogens (tertiary/aromatic N) is 7. The van der Waals surface area contributed by atoms with E-state index in [1.807, 2.05) is 6.92 Å². The summed E-state index contributed by atoms with van der Waals surface area (Å²) in [7, 11) is 1.56. The predicted molar refractivity (Wildman–Crippen MR) is 224 cm³/mol. The summed E-state index contributed by atoms with van der Waals surface area (Å²) in [6, 6.07) is 10.6. The van der Waals surface area contributed by atoms with Gasteiger partial charge in [-0.2, -0.15) is 9.98 Å². The summed E-state index contributed by atoms with van der Waals surface area (Å²) in [6.45, 7) is 9.05. The zero-order valence-corrected chi connectivity index (χ0v) is 36.7. The Bertz CT molecular complexity index is 2730. The van der Waals surface area contributed by atoms with Crippen molar-refractivity contribution in [3.63, 3.8) is 0 Å². The third kappa shape index (κ3) is 12.5. The first-order valence-electron chi connectivity index (χ1n) is 19.9. The number of alkyl halides is 6. The Morgan fingerprint density at radius 3 is 1.86 bits per heavy atom. The molecule has 64 heavy (non-hydrogen) atoms. The van der Waals surface area contributed by atoms with Gasteiger partial charge >= 0.3 is 30.1 Å². The molecule has 3 aromatic heterocycles. The van der Waals surface area contributed by atoms with Gasteiger partial charge in [-0.15, -0.1) is 26.3 Å². The van der Waals surface area contributed by atoms with E-state index in [1.165, 1.54) is 52.1 Å². The van der Waals surface area contributed by atoms with E-state index < -0.39 is 54.8 Å². The van der Waals surface area contributed by atoms with Crippen molar-refractivity contribution in [3.8, 4) is 29.0 Å². The number of benzene rings is 2. The number of ether oxygens (including phenoxy) is 5. The Kier molecular flexibility index (Phi) is 15.4. The molecular weight excluding hydrogens is 881 g/mol. The van der Waals surface area contributed by atoms with Crippen molar-refractivity contribution in [3.05, 3.63) is 95.8 Å². The zero-order chi connectivity index (χ0) is 47.1. The molecule has 1 aliphatic rings. The highest BCUT2D eigenvalue weighted by Gasteiger charge is 2.33. The van der Waals surface area contributed by atoms with Crippen LogP contribution in [0.15, 0.2) is 72.7 Å². The van der Waals surface area contributed by atoms with Gasteiger partial charge in [0, 0.05) is 60.6 Å². The largest absolute Gasteiger partial charge is 0.573 e. The maximum Gasteiger partial charge on any atom is 0.573 e. The second-order valence-electron chi connectivity index (χ2n) is 15.6. The van der Waals surface area contributed by atoms with Crippen molar-refractivity contribution in [2.45, 2.75) is 90.8 Å². The molecule has 6 rings (SSSR count). The van der Waals surface area contributed by atoms with Gasteiger partial charge in [0.25, 0.3) is 11.1 Å². The lowest BCUT2D eigenvalue weighted by Crippen LogP contribution is -2.40. The van der Waals surface area contributed by atoms with Crippen LogP contribution in [0.2, 0.25) is 25.7 Å². The Morgan fingerprint density at radius 2 is 1.30 bits per heavy atom. The quantitative estimate of drug-likeness (QED) is 0.0676. The highest BCUT2D eigenvalue weighted by Crippen LogP contribution is 2.31. The molecule has 24 heteroatoms. The molecule has 0 radical (unpaired) electrons. The molecule has 5 aromatic rings. The SMILES string of the molecule is CCCCn1c(=O)c2c(nc(Oc3cccc(OC(F)(F)F)c3)n2COCC[Si](C)(C)C)n(C)c1=O.Cn1c2c(c(=O)n(CCCO)c1=O)CC(Oc1cccc(OC(F)(F)F)c1)=N2. The first-order chi connectivity index (χ1) is 30.0. The van der Waals surface area contributed by atoms with E-state index >= 15 is 0 Å². The fraction of sp³-hybridized carbons (Fsp3) is 0.450. The van der Waals surface area contributed by atoms with Crippen LogP contribution >= 0.6 is 0 Å². The predicted octanol–water partition coefficient (Wildman–Crippen LogP) is 6.19. The smallest absolute Gasteiger partial charge is 0.442 e. The highest BCUT2D eigenvalue weighted by atomic mass is 28.3. The summed E-state index contributed by atoms with van der Waals surface area (Å²) in [5.41, 5.74) is -1.74. The molecule has 348 valence electrons. The first-order valence-corrected chi connectivity index (χ1v) is 23.6. The van der Waals surface area contributed by atoms with E-state index in [-0.39, 0.29) is 85.2 Å². The number of fused-ring (bicyclic) bond motifs is 2. The first kappa shape index (κ1) is 48.9. The van der Waals surface area contributed by atoms with Crippen molar-refractivity contribution in [2.75, 3.05) is 13.2 Å². The standard InChI is InChI=1S/C23H31F3N4O5Si.C17H16F3N3O5/c1-6-7-11-29-20(31)18-19(28(2)22(29)32)27-21(30(18)15-33-12-13-36(3,4)5)34-16-9-8-10-17(14-16)35-23(24,25)26;1-22-14-12(15(25)23(16(22)26)6-3-7-24)9-13(21-14)27-10-4-2-5-11(8-10)28-17(18,19)20/h8-10,14H,6-7,11-13,15H2,1-5H3;2,4-5,8,24H,3,6-7,9H2,1H3. The van der Waals surface area contributed by atoms with Gasteiger partial charge in [0.15, 0.2) is 11.2 Å². The lowest BCUT2D eigenvalue weighted by Gasteiger charge is -2.16. The summed E-state index contributed by atoms with van der Waals surface area (Å²) >= 11 is 0. The van der Waals surface area contributed by atoms with Crippen LogP contribution in [0.3, 0.4) is 0 Å². The average Bonchev–Trinajstić information content (AvgIpc) is 3.78. The molecule has 0 saturated carbocycles. The molecule has 4 heterocycles. The van der Waals surface area contributed by atoms with Crippen LogP contribution in [0.4, 0.5) is 32.2 Å². The molecule has 0 atom stereocenters. The van der Waals surface area contributed by atoms with Gasteiger partial charge in [-0.3, -0.25) is 32.4 Å². The average molecular weight is 928 g/mol. The minimum absolute atomic E-state index is 0.00622. The number of hydrogen-bond acceptors (Lipinski definition) is 12. The maximum absolute atomic E-state index is 13.3. The summed E-state index contributed by atoms with van der Waals surface area (Å²) in [6.07, 6.45) is -8.06. The lowest BCUT2D eigenvalue weighted by atomic mass is 10.2. The Balaban J connectivity index is 0.000000248. The number of aryl methyl sites for hydroxylation is 1. The van der Waals surface area contributed by atoms with Crippen LogP contribution in [-0.4, -0.2) is 72.8 Å². The van der Waals surface area contributed by atoms with Crippen LogP contribution < -0.4 is 41.4 Å². The molecule has 2 aromatic carbocycles. The minimum Gasteiger partial charge on any atom is -0.442 e. The molecule has 0 aliphatic carbocycles.